The maximum Gasteiger partial charge on any atom is 0.410 e. The van der Waals surface area contributed by atoms with E-state index in [-0.39, 0.29) is 31.7 Å². The van der Waals surface area contributed by atoms with Crippen molar-refractivity contribution in [2.75, 3.05) is 19.8 Å². The molecule has 1 aliphatic heterocycles. The highest BCUT2D eigenvalue weighted by Gasteiger charge is 2.40. The first-order valence-electron chi connectivity index (χ1n) is 9.75. The fraction of sp³-hybridized carbons (Fsp3) is 0.304. The van der Waals surface area contributed by atoms with E-state index in [0.29, 0.717) is 6.42 Å². The van der Waals surface area contributed by atoms with Gasteiger partial charge in [-0.3, -0.25) is 4.90 Å². The highest BCUT2D eigenvalue weighted by Crippen LogP contribution is 2.44. The maximum atomic E-state index is 12.8. The summed E-state index contributed by atoms with van der Waals surface area (Å²) in [4.78, 5) is 26.4. The van der Waals surface area contributed by atoms with Crippen LogP contribution in [0.15, 0.2) is 61.2 Å². The van der Waals surface area contributed by atoms with E-state index in [2.05, 4.69) is 30.8 Å². The first-order valence-corrected chi connectivity index (χ1v) is 9.75. The molecule has 1 heterocycles. The summed E-state index contributed by atoms with van der Waals surface area (Å²) < 4.78 is 10.8. The van der Waals surface area contributed by atoms with Gasteiger partial charge >= 0.3 is 12.1 Å². The zero-order valence-corrected chi connectivity index (χ0v) is 16.1. The van der Waals surface area contributed by atoms with Crippen LogP contribution in [0, 0.1) is 0 Å². The molecule has 4 rings (SSSR count). The molecule has 150 valence electrons. The number of hydrogen-bond acceptors (Lipinski definition) is 5. The van der Waals surface area contributed by atoms with Crippen molar-refractivity contribution in [3.63, 3.8) is 0 Å². The molecule has 1 saturated heterocycles. The van der Waals surface area contributed by atoms with E-state index in [0.717, 1.165) is 11.1 Å². The number of nitrogens with zero attached hydrogens (tertiary/aromatic N) is 1. The van der Waals surface area contributed by atoms with Crippen molar-refractivity contribution in [3.8, 4) is 11.1 Å². The number of ether oxygens (including phenoxy) is 2. The first-order chi connectivity index (χ1) is 14.1. The Balaban J connectivity index is 1.48. The second kappa shape index (κ2) is 8.09. The van der Waals surface area contributed by atoms with E-state index < -0.39 is 18.1 Å². The second-order valence-electron chi connectivity index (χ2n) is 7.39. The Morgan fingerprint density at radius 2 is 1.69 bits per heavy atom. The summed E-state index contributed by atoms with van der Waals surface area (Å²) in [5, 5.41) is 0. The molecule has 2 aliphatic rings. The third-order valence-electron chi connectivity index (χ3n) is 5.52. The van der Waals surface area contributed by atoms with Crippen molar-refractivity contribution < 1.29 is 19.1 Å². The minimum absolute atomic E-state index is 0.0335. The predicted molar refractivity (Wildman–Crippen MR) is 109 cm³/mol. The minimum Gasteiger partial charge on any atom is -0.460 e. The molecule has 2 N–H and O–H groups in total. The standard InChI is InChI=1S/C23H24N2O4/c1-2-11-28-22(26)21-12-15(24)13-25(21)23(27)29-14-20-18-9-5-3-7-16(18)17-8-4-6-10-19(17)20/h2-10,15,20-21H,1,11-14,24H2/t15-,21-/m0/s1. The number of amides is 1. The molecular formula is C23H24N2O4. The summed E-state index contributed by atoms with van der Waals surface area (Å²) in [7, 11) is 0. The van der Waals surface area contributed by atoms with Gasteiger partial charge in [-0.25, -0.2) is 9.59 Å². The van der Waals surface area contributed by atoms with Gasteiger partial charge in [0, 0.05) is 18.5 Å². The first kappa shape index (κ1) is 19.2. The lowest BCUT2D eigenvalue weighted by molar-refractivity contribution is -0.147. The van der Waals surface area contributed by atoms with Crippen molar-refractivity contribution in [2.45, 2.75) is 24.4 Å². The number of likely N-dealkylation sites (tertiary alicyclic amines) is 1. The topological polar surface area (TPSA) is 81.9 Å². The molecule has 29 heavy (non-hydrogen) atoms. The molecule has 0 radical (unpaired) electrons. The van der Waals surface area contributed by atoms with E-state index in [9.17, 15) is 9.59 Å². The average molecular weight is 392 g/mol. The van der Waals surface area contributed by atoms with E-state index in [4.69, 9.17) is 15.2 Å². The Bertz CT molecular complexity index is 896. The summed E-state index contributed by atoms with van der Waals surface area (Å²) >= 11 is 0. The maximum absolute atomic E-state index is 12.8. The molecule has 0 unspecified atom stereocenters. The zero-order valence-electron chi connectivity index (χ0n) is 16.1. The lowest BCUT2D eigenvalue weighted by Crippen LogP contribution is -2.42. The Labute approximate surface area is 169 Å². The Hall–Kier alpha value is -3.12. The van der Waals surface area contributed by atoms with Crippen molar-refractivity contribution in [2.24, 2.45) is 5.73 Å². The smallest absolute Gasteiger partial charge is 0.410 e. The van der Waals surface area contributed by atoms with Gasteiger partial charge in [-0.1, -0.05) is 61.2 Å². The van der Waals surface area contributed by atoms with Gasteiger partial charge in [0.1, 0.15) is 19.3 Å². The molecule has 0 aromatic heterocycles. The fourth-order valence-electron chi connectivity index (χ4n) is 4.21. The molecule has 2 atom stereocenters. The Kier molecular flexibility index (Phi) is 5.36. The summed E-state index contributed by atoms with van der Waals surface area (Å²) in [6.45, 7) is 4.10. The van der Waals surface area contributed by atoms with Crippen LogP contribution in [-0.4, -0.2) is 48.8 Å². The minimum atomic E-state index is -0.722. The molecule has 0 spiro atoms. The molecule has 1 amide bonds. The molecule has 2 aromatic carbocycles. The van der Waals surface area contributed by atoms with Gasteiger partial charge in [0.05, 0.1) is 0 Å². The number of carbonyl (C=O) groups excluding carboxylic acids is 2. The lowest BCUT2D eigenvalue weighted by atomic mass is 9.98. The molecule has 0 saturated carbocycles. The van der Waals surface area contributed by atoms with Gasteiger partial charge in [-0.05, 0) is 28.7 Å². The molecule has 6 nitrogen and oxygen atoms in total. The van der Waals surface area contributed by atoms with Crippen molar-refractivity contribution in [1.82, 2.24) is 4.90 Å². The summed E-state index contributed by atoms with van der Waals surface area (Å²) in [6.07, 6.45) is 1.31. The average Bonchev–Trinajstić information content (AvgIpc) is 3.29. The van der Waals surface area contributed by atoms with Crippen LogP contribution in [0.25, 0.3) is 11.1 Å². The number of benzene rings is 2. The van der Waals surface area contributed by atoms with E-state index in [1.54, 1.807) is 0 Å². The molecule has 1 fully saturated rings. The van der Waals surface area contributed by atoms with Crippen LogP contribution in [0.4, 0.5) is 4.79 Å². The molecule has 0 bridgehead atoms. The predicted octanol–water partition coefficient (Wildman–Crippen LogP) is 3.07. The number of hydrogen-bond donors (Lipinski definition) is 1. The lowest BCUT2D eigenvalue weighted by Gasteiger charge is -2.23. The number of fused-ring (bicyclic) bond motifs is 3. The zero-order chi connectivity index (χ0) is 20.4. The second-order valence-corrected chi connectivity index (χ2v) is 7.39. The van der Waals surface area contributed by atoms with Crippen molar-refractivity contribution in [3.05, 3.63) is 72.3 Å². The van der Waals surface area contributed by atoms with Gasteiger partial charge in [0.2, 0.25) is 0 Å². The summed E-state index contributed by atoms with van der Waals surface area (Å²) in [6, 6.07) is 15.3. The largest absolute Gasteiger partial charge is 0.460 e. The molecular weight excluding hydrogens is 368 g/mol. The Morgan fingerprint density at radius 1 is 1.07 bits per heavy atom. The van der Waals surface area contributed by atoms with E-state index in [1.165, 1.54) is 22.1 Å². The summed E-state index contributed by atoms with van der Waals surface area (Å²) in [5.41, 5.74) is 10.6. The molecule has 2 aromatic rings. The third-order valence-corrected chi connectivity index (χ3v) is 5.52. The van der Waals surface area contributed by atoms with Crippen LogP contribution in [0.1, 0.15) is 23.5 Å². The number of esters is 1. The third kappa shape index (κ3) is 3.63. The highest BCUT2D eigenvalue weighted by atomic mass is 16.6. The van der Waals surface area contributed by atoms with Crippen LogP contribution in [0.3, 0.4) is 0 Å². The monoisotopic (exact) mass is 392 g/mol. The number of rotatable bonds is 5. The number of nitrogens with two attached hydrogens (primary N) is 1. The van der Waals surface area contributed by atoms with Crippen LogP contribution >= 0.6 is 0 Å². The molecule has 6 heteroatoms. The van der Waals surface area contributed by atoms with Gasteiger partial charge in [-0.2, -0.15) is 0 Å². The highest BCUT2D eigenvalue weighted by molar-refractivity contribution is 5.83. The summed E-state index contributed by atoms with van der Waals surface area (Å²) in [5.74, 6) is -0.514. The van der Waals surface area contributed by atoms with Crippen molar-refractivity contribution in [1.29, 1.82) is 0 Å². The van der Waals surface area contributed by atoms with Gasteiger partial charge in [-0.15, -0.1) is 0 Å². The van der Waals surface area contributed by atoms with Gasteiger partial charge < -0.3 is 15.2 Å². The Morgan fingerprint density at radius 3 is 2.31 bits per heavy atom. The SMILES string of the molecule is C=CCOC(=O)[C@@H]1C[C@H](N)CN1C(=O)OCC1c2ccccc2-c2ccccc21. The van der Waals surface area contributed by atoms with Crippen LogP contribution in [0.2, 0.25) is 0 Å². The van der Waals surface area contributed by atoms with Crippen molar-refractivity contribution >= 4 is 12.1 Å². The van der Waals surface area contributed by atoms with Gasteiger partial charge in [0.25, 0.3) is 0 Å². The normalized spacial score (nSPS) is 20.1. The molecule has 1 aliphatic carbocycles. The van der Waals surface area contributed by atoms with Crippen LogP contribution in [-0.2, 0) is 14.3 Å². The van der Waals surface area contributed by atoms with Crippen LogP contribution < -0.4 is 5.73 Å². The van der Waals surface area contributed by atoms with E-state index >= 15 is 0 Å². The van der Waals surface area contributed by atoms with E-state index in [1.807, 2.05) is 24.3 Å². The quantitative estimate of drug-likeness (QED) is 0.625. The fourth-order valence-corrected chi connectivity index (χ4v) is 4.21. The van der Waals surface area contributed by atoms with Gasteiger partial charge in [0.15, 0.2) is 0 Å². The van der Waals surface area contributed by atoms with Crippen LogP contribution in [0.5, 0.6) is 0 Å². The number of carbonyl (C=O) groups is 2.